The summed E-state index contributed by atoms with van der Waals surface area (Å²) in [6.45, 7) is 0.00372. The predicted octanol–water partition coefficient (Wildman–Crippen LogP) is 4.16. The Bertz CT molecular complexity index is 1220. The molecular weight excluding hydrogens is 385 g/mol. The molecule has 2 heterocycles. The zero-order chi connectivity index (χ0) is 19.7. The molecule has 0 unspecified atom stereocenters. The number of halogens is 2. The van der Waals surface area contributed by atoms with Crippen molar-refractivity contribution in [3.8, 4) is 0 Å². The molecule has 1 N–H and O–H groups in total. The van der Waals surface area contributed by atoms with Gasteiger partial charge in [-0.2, -0.15) is 0 Å². The van der Waals surface area contributed by atoms with E-state index < -0.39 is 17.3 Å². The molecule has 0 radical (unpaired) electrons. The Hall–Kier alpha value is -3.45. The van der Waals surface area contributed by atoms with Gasteiger partial charge >= 0.3 is 0 Å². The number of carbonyl (C=O) groups excluding carboxylic acids is 1. The van der Waals surface area contributed by atoms with E-state index in [1.54, 1.807) is 36.4 Å². The molecule has 6 nitrogen and oxygen atoms in total. The summed E-state index contributed by atoms with van der Waals surface area (Å²) in [4.78, 5) is 28.9. The van der Waals surface area contributed by atoms with Gasteiger partial charge < -0.3 is 14.4 Å². The number of H-pyrrole nitrogens is 1. The molecule has 28 heavy (non-hydrogen) atoms. The van der Waals surface area contributed by atoms with Gasteiger partial charge in [-0.05, 0) is 29.8 Å². The summed E-state index contributed by atoms with van der Waals surface area (Å²) in [5, 5.41) is 4.50. The standard InChI is InChI=1S/C20H13ClFN3O3/c21-13-3-1-4-14(10-13)25(20(27)17-7-8-23-28-17)11-12-9-18(26)24-19-15(12)5-2-6-16(19)22/h1-10H,11H2,(H,24,26). The minimum atomic E-state index is -0.549. The first-order valence-electron chi connectivity index (χ1n) is 8.31. The molecule has 1 amide bonds. The van der Waals surface area contributed by atoms with Gasteiger partial charge in [0.1, 0.15) is 5.82 Å². The highest BCUT2D eigenvalue weighted by Gasteiger charge is 2.23. The topological polar surface area (TPSA) is 79.2 Å². The van der Waals surface area contributed by atoms with Crippen molar-refractivity contribution in [2.45, 2.75) is 6.54 Å². The van der Waals surface area contributed by atoms with Gasteiger partial charge in [0.15, 0.2) is 0 Å². The Kier molecular flexibility index (Phi) is 4.67. The average Bonchev–Trinajstić information content (AvgIpc) is 3.21. The maximum absolute atomic E-state index is 14.1. The minimum Gasteiger partial charge on any atom is -0.351 e. The summed E-state index contributed by atoms with van der Waals surface area (Å²) in [6, 6.07) is 14.0. The number of anilines is 1. The van der Waals surface area contributed by atoms with Gasteiger partial charge in [0.2, 0.25) is 11.3 Å². The van der Waals surface area contributed by atoms with Gasteiger partial charge in [-0.3, -0.25) is 9.59 Å². The fraction of sp³-hybridized carbons (Fsp3) is 0.0500. The second kappa shape index (κ2) is 7.28. The summed E-state index contributed by atoms with van der Waals surface area (Å²) < 4.78 is 19.1. The molecule has 0 saturated heterocycles. The number of nitrogens with zero attached hydrogens (tertiary/aromatic N) is 2. The van der Waals surface area contributed by atoms with Gasteiger partial charge in [-0.25, -0.2) is 4.39 Å². The lowest BCUT2D eigenvalue weighted by molar-refractivity contribution is 0.0949. The molecule has 2 aromatic heterocycles. The summed E-state index contributed by atoms with van der Waals surface area (Å²) in [7, 11) is 0. The molecule has 2 aromatic carbocycles. The van der Waals surface area contributed by atoms with Gasteiger partial charge in [0.25, 0.3) is 5.91 Å². The van der Waals surface area contributed by atoms with Crippen LogP contribution in [-0.2, 0) is 6.54 Å². The van der Waals surface area contributed by atoms with Crippen LogP contribution >= 0.6 is 11.6 Å². The Morgan fingerprint density at radius 1 is 1.18 bits per heavy atom. The monoisotopic (exact) mass is 397 g/mol. The highest BCUT2D eigenvalue weighted by molar-refractivity contribution is 6.31. The number of pyridine rings is 1. The first kappa shape index (κ1) is 17.9. The average molecular weight is 398 g/mol. The van der Waals surface area contributed by atoms with E-state index in [-0.39, 0.29) is 17.8 Å². The van der Waals surface area contributed by atoms with Crippen LogP contribution in [-0.4, -0.2) is 16.0 Å². The summed E-state index contributed by atoms with van der Waals surface area (Å²) in [5.74, 6) is -0.989. The molecule has 0 aliphatic heterocycles. The Balaban J connectivity index is 1.85. The van der Waals surface area contributed by atoms with E-state index in [4.69, 9.17) is 16.1 Å². The molecule has 0 aliphatic rings. The smallest absolute Gasteiger partial charge is 0.297 e. The molecule has 0 atom stereocenters. The van der Waals surface area contributed by atoms with E-state index in [0.29, 0.717) is 21.7 Å². The zero-order valence-electron chi connectivity index (χ0n) is 14.4. The van der Waals surface area contributed by atoms with Gasteiger partial charge in [0.05, 0.1) is 18.3 Å². The zero-order valence-corrected chi connectivity index (χ0v) is 15.1. The number of aromatic nitrogens is 2. The molecule has 4 rings (SSSR count). The molecule has 8 heteroatoms. The lowest BCUT2D eigenvalue weighted by atomic mass is 10.1. The van der Waals surface area contributed by atoms with Crippen LogP contribution in [0.15, 0.2) is 70.1 Å². The van der Waals surface area contributed by atoms with Crippen molar-refractivity contribution < 1.29 is 13.7 Å². The Labute approximate surface area is 163 Å². The number of benzene rings is 2. The van der Waals surface area contributed by atoms with Crippen LogP contribution in [0.1, 0.15) is 16.1 Å². The largest absolute Gasteiger partial charge is 0.351 e. The Morgan fingerprint density at radius 3 is 2.75 bits per heavy atom. The summed E-state index contributed by atoms with van der Waals surface area (Å²) in [6.07, 6.45) is 1.36. The molecular formula is C20H13ClFN3O3. The predicted molar refractivity (Wildman–Crippen MR) is 103 cm³/mol. The van der Waals surface area contributed by atoms with Crippen LogP contribution in [0.25, 0.3) is 10.9 Å². The van der Waals surface area contributed by atoms with Crippen LogP contribution in [0.4, 0.5) is 10.1 Å². The lowest BCUT2D eigenvalue weighted by Gasteiger charge is -2.22. The van der Waals surface area contributed by atoms with Crippen molar-refractivity contribution in [3.05, 3.63) is 93.3 Å². The fourth-order valence-corrected chi connectivity index (χ4v) is 3.18. The molecule has 0 fully saturated rings. The molecule has 4 aromatic rings. The SMILES string of the molecule is O=C(c1ccno1)N(Cc1cc(=O)[nH]c2c(F)cccc12)c1cccc(Cl)c1. The minimum absolute atomic E-state index is 0.00372. The number of para-hydroxylation sites is 1. The summed E-state index contributed by atoms with van der Waals surface area (Å²) in [5.41, 5.74) is 0.596. The maximum atomic E-state index is 14.1. The number of hydrogen-bond donors (Lipinski definition) is 1. The molecule has 140 valence electrons. The number of carbonyl (C=O) groups is 1. The number of hydrogen-bond acceptors (Lipinski definition) is 4. The number of amides is 1. The highest BCUT2D eigenvalue weighted by Crippen LogP contribution is 2.26. The Morgan fingerprint density at radius 2 is 2.00 bits per heavy atom. The van der Waals surface area contributed by atoms with Crippen molar-refractivity contribution >= 4 is 34.1 Å². The van der Waals surface area contributed by atoms with E-state index in [1.165, 1.54) is 29.3 Å². The third-order valence-corrected chi connectivity index (χ3v) is 4.49. The van der Waals surface area contributed by atoms with E-state index in [2.05, 4.69) is 10.1 Å². The van der Waals surface area contributed by atoms with Crippen LogP contribution in [0.3, 0.4) is 0 Å². The van der Waals surface area contributed by atoms with E-state index in [1.807, 2.05) is 0 Å². The quantitative estimate of drug-likeness (QED) is 0.561. The first-order chi connectivity index (χ1) is 13.5. The van der Waals surface area contributed by atoms with Crippen molar-refractivity contribution in [1.82, 2.24) is 10.1 Å². The number of aromatic amines is 1. The molecule has 0 bridgehead atoms. The van der Waals surface area contributed by atoms with E-state index in [9.17, 15) is 14.0 Å². The van der Waals surface area contributed by atoms with Crippen LogP contribution in [0.5, 0.6) is 0 Å². The van der Waals surface area contributed by atoms with Gasteiger partial charge in [-0.15, -0.1) is 0 Å². The third-order valence-electron chi connectivity index (χ3n) is 4.26. The molecule has 0 saturated carbocycles. The van der Waals surface area contributed by atoms with Crippen LogP contribution in [0, 0.1) is 5.82 Å². The van der Waals surface area contributed by atoms with Crippen molar-refractivity contribution in [3.63, 3.8) is 0 Å². The summed E-state index contributed by atoms with van der Waals surface area (Å²) >= 11 is 6.08. The van der Waals surface area contributed by atoms with Crippen molar-refractivity contribution in [2.75, 3.05) is 4.90 Å². The second-order valence-electron chi connectivity index (χ2n) is 6.07. The van der Waals surface area contributed by atoms with Crippen molar-refractivity contribution in [1.29, 1.82) is 0 Å². The second-order valence-corrected chi connectivity index (χ2v) is 6.51. The lowest BCUT2D eigenvalue weighted by Crippen LogP contribution is -2.30. The van der Waals surface area contributed by atoms with Crippen molar-refractivity contribution in [2.24, 2.45) is 0 Å². The number of fused-ring (bicyclic) bond motifs is 1. The number of rotatable bonds is 4. The van der Waals surface area contributed by atoms with Crippen LogP contribution < -0.4 is 10.5 Å². The molecule has 0 aliphatic carbocycles. The fourth-order valence-electron chi connectivity index (χ4n) is 3.00. The first-order valence-corrected chi connectivity index (χ1v) is 8.69. The van der Waals surface area contributed by atoms with E-state index >= 15 is 0 Å². The van der Waals surface area contributed by atoms with E-state index in [0.717, 1.165) is 0 Å². The normalized spacial score (nSPS) is 10.9. The molecule has 0 spiro atoms. The highest BCUT2D eigenvalue weighted by atomic mass is 35.5. The maximum Gasteiger partial charge on any atom is 0.297 e. The van der Waals surface area contributed by atoms with Gasteiger partial charge in [-0.1, -0.05) is 35.0 Å². The van der Waals surface area contributed by atoms with Crippen LogP contribution in [0.2, 0.25) is 5.02 Å². The van der Waals surface area contributed by atoms with Gasteiger partial charge in [0, 0.05) is 28.2 Å². The third kappa shape index (κ3) is 3.39. The number of nitrogens with one attached hydrogen (secondary N) is 1.